The number of benzene rings is 1. The van der Waals surface area contributed by atoms with E-state index in [1.807, 2.05) is 30.3 Å². The molecule has 1 amide bonds. The van der Waals surface area contributed by atoms with Crippen LogP contribution in [0.3, 0.4) is 0 Å². The quantitative estimate of drug-likeness (QED) is 0.837. The van der Waals surface area contributed by atoms with Crippen molar-refractivity contribution in [3.8, 4) is 0 Å². The van der Waals surface area contributed by atoms with Gasteiger partial charge in [-0.2, -0.15) is 0 Å². The molecule has 1 heterocycles. The first-order valence-electron chi connectivity index (χ1n) is 5.75. The largest absolute Gasteiger partial charge is 0.381 e. The summed E-state index contributed by atoms with van der Waals surface area (Å²) in [5.41, 5.74) is 1.06. The molecule has 0 radical (unpaired) electrons. The molecule has 0 saturated carbocycles. The molecular weight excluding hydrogens is 202 g/mol. The molecule has 86 valence electrons. The summed E-state index contributed by atoms with van der Waals surface area (Å²) in [6.07, 6.45) is 2.33. The summed E-state index contributed by atoms with van der Waals surface area (Å²) in [4.78, 5) is 11.7. The van der Waals surface area contributed by atoms with Crippen LogP contribution in [0.4, 0.5) is 0 Å². The maximum atomic E-state index is 11.7. The number of amides is 1. The second-order valence-corrected chi connectivity index (χ2v) is 4.12. The van der Waals surface area contributed by atoms with Gasteiger partial charge < -0.3 is 10.1 Å². The zero-order valence-electron chi connectivity index (χ0n) is 9.32. The van der Waals surface area contributed by atoms with Crippen molar-refractivity contribution in [2.75, 3.05) is 13.2 Å². The molecule has 3 heteroatoms. The van der Waals surface area contributed by atoms with Gasteiger partial charge in [-0.1, -0.05) is 30.3 Å². The highest BCUT2D eigenvalue weighted by molar-refractivity contribution is 5.78. The van der Waals surface area contributed by atoms with E-state index in [1.54, 1.807) is 0 Å². The van der Waals surface area contributed by atoms with E-state index < -0.39 is 0 Å². The molecule has 0 unspecified atom stereocenters. The van der Waals surface area contributed by atoms with Crippen molar-refractivity contribution in [3.05, 3.63) is 35.9 Å². The van der Waals surface area contributed by atoms with Crippen LogP contribution in [-0.4, -0.2) is 25.2 Å². The Bertz CT molecular complexity index is 331. The average Bonchev–Trinajstić information content (AvgIpc) is 2.31. The lowest BCUT2D eigenvalue weighted by Gasteiger charge is -2.23. The Labute approximate surface area is 95.8 Å². The number of carbonyl (C=O) groups is 1. The number of nitrogens with one attached hydrogen (secondary N) is 1. The number of rotatable bonds is 3. The van der Waals surface area contributed by atoms with Crippen LogP contribution in [0.25, 0.3) is 0 Å². The van der Waals surface area contributed by atoms with Gasteiger partial charge in [-0.05, 0) is 18.4 Å². The first kappa shape index (κ1) is 11.1. The minimum Gasteiger partial charge on any atom is -0.381 e. The van der Waals surface area contributed by atoms with Crippen molar-refractivity contribution >= 4 is 5.91 Å². The highest BCUT2D eigenvalue weighted by atomic mass is 16.5. The Balaban J connectivity index is 1.80. The second-order valence-electron chi connectivity index (χ2n) is 4.12. The lowest BCUT2D eigenvalue weighted by molar-refractivity contribution is -0.121. The Morgan fingerprint density at radius 1 is 1.25 bits per heavy atom. The Hall–Kier alpha value is -1.35. The van der Waals surface area contributed by atoms with Crippen molar-refractivity contribution < 1.29 is 9.53 Å². The molecule has 1 aromatic carbocycles. The Kier molecular flexibility index (Phi) is 3.94. The number of carbonyl (C=O) groups excluding carboxylic acids is 1. The van der Waals surface area contributed by atoms with Gasteiger partial charge in [-0.25, -0.2) is 0 Å². The summed E-state index contributed by atoms with van der Waals surface area (Å²) in [7, 11) is 0. The zero-order chi connectivity index (χ0) is 11.2. The summed E-state index contributed by atoms with van der Waals surface area (Å²) >= 11 is 0. The van der Waals surface area contributed by atoms with Crippen LogP contribution in [0.15, 0.2) is 30.3 Å². The van der Waals surface area contributed by atoms with Crippen LogP contribution in [0.2, 0.25) is 0 Å². The minimum absolute atomic E-state index is 0.109. The number of ether oxygens (including phenoxy) is 1. The van der Waals surface area contributed by atoms with Crippen LogP contribution in [-0.2, 0) is 16.0 Å². The van der Waals surface area contributed by atoms with Gasteiger partial charge in [0.15, 0.2) is 0 Å². The fraction of sp³-hybridized carbons (Fsp3) is 0.462. The van der Waals surface area contributed by atoms with Crippen molar-refractivity contribution in [1.82, 2.24) is 5.32 Å². The SMILES string of the molecule is O=C(Cc1ccccc1)NC1CCOCC1. The minimum atomic E-state index is 0.109. The Morgan fingerprint density at radius 3 is 2.62 bits per heavy atom. The molecule has 3 nitrogen and oxygen atoms in total. The fourth-order valence-corrected chi connectivity index (χ4v) is 1.90. The molecule has 1 aliphatic heterocycles. The van der Waals surface area contributed by atoms with Crippen LogP contribution in [0.5, 0.6) is 0 Å². The van der Waals surface area contributed by atoms with Crippen molar-refractivity contribution in [3.63, 3.8) is 0 Å². The molecule has 0 atom stereocenters. The van der Waals surface area contributed by atoms with Crippen LogP contribution in [0.1, 0.15) is 18.4 Å². The summed E-state index contributed by atoms with van der Waals surface area (Å²) < 4.78 is 5.25. The molecule has 16 heavy (non-hydrogen) atoms. The third kappa shape index (κ3) is 3.35. The van der Waals surface area contributed by atoms with Crippen LogP contribution >= 0.6 is 0 Å². The maximum Gasteiger partial charge on any atom is 0.224 e. The second kappa shape index (κ2) is 5.66. The molecule has 1 aromatic rings. The van der Waals surface area contributed by atoms with Gasteiger partial charge in [-0.3, -0.25) is 4.79 Å². The van der Waals surface area contributed by atoms with Crippen molar-refractivity contribution in [2.24, 2.45) is 0 Å². The molecule has 0 bridgehead atoms. The van der Waals surface area contributed by atoms with E-state index in [0.717, 1.165) is 31.6 Å². The number of hydrogen-bond donors (Lipinski definition) is 1. The third-order valence-corrected chi connectivity index (χ3v) is 2.79. The first-order valence-corrected chi connectivity index (χ1v) is 5.75. The van der Waals surface area contributed by atoms with E-state index >= 15 is 0 Å². The molecule has 1 saturated heterocycles. The van der Waals surface area contributed by atoms with E-state index in [2.05, 4.69) is 5.32 Å². The summed E-state index contributed by atoms with van der Waals surface area (Å²) in [5.74, 6) is 0.109. The van der Waals surface area contributed by atoms with E-state index in [0.29, 0.717) is 12.5 Å². The highest BCUT2D eigenvalue weighted by Gasteiger charge is 2.15. The van der Waals surface area contributed by atoms with Gasteiger partial charge in [0.25, 0.3) is 0 Å². The van der Waals surface area contributed by atoms with E-state index in [-0.39, 0.29) is 5.91 Å². The van der Waals surface area contributed by atoms with Crippen molar-refractivity contribution in [2.45, 2.75) is 25.3 Å². The predicted octanol–water partition coefficient (Wildman–Crippen LogP) is 1.52. The standard InChI is InChI=1S/C13H17NO2/c15-13(10-11-4-2-1-3-5-11)14-12-6-8-16-9-7-12/h1-5,12H,6-10H2,(H,14,15). The van der Waals surface area contributed by atoms with Crippen LogP contribution < -0.4 is 5.32 Å². The third-order valence-electron chi connectivity index (χ3n) is 2.79. The van der Waals surface area contributed by atoms with Gasteiger partial charge in [0.1, 0.15) is 0 Å². The monoisotopic (exact) mass is 219 g/mol. The smallest absolute Gasteiger partial charge is 0.224 e. The predicted molar refractivity (Wildman–Crippen MR) is 62.1 cm³/mol. The molecule has 0 aromatic heterocycles. The maximum absolute atomic E-state index is 11.7. The van der Waals surface area contributed by atoms with E-state index in [4.69, 9.17) is 4.74 Å². The number of hydrogen-bond acceptors (Lipinski definition) is 2. The lowest BCUT2D eigenvalue weighted by atomic mass is 10.1. The van der Waals surface area contributed by atoms with E-state index in [1.165, 1.54) is 0 Å². The molecule has 1 fully saturated rings. The molecule has 0 aliphatic carbocycles. The average molecular weight is 219 g/mol. The fourth-order valence-electron chi connectivity index (χ4n) is 1.90. The van der Waals surface area contributed by atoms with Crippen LogP contribution in [0, 0.1) is 0 Å². The lowest BCUT2D eigenvalue weighted by Crippen LogP contribution is -2.39. The topological polar surface area (TPSA) is 38.3 Å². The summed E-state index contributed by atoms with van der Waals surface area (Å²) in [6, 6.07) is 10.1. The van der Waals surface area contributed by atoms with Crippen molar-refractivity contribution in [1.29, 1.82) is 0 Å². The van der Waals surface area contributed by atoms with Gasteiger partial charge in [0.2, 0.25) is 5.91 Å². The van der Waals surface area contributed by atoms with Gasteiger partial charge in [-0.15, -0.1) is 0 Å². The van der Waals surface area contributed by atoms with Gasteiger partial charge in [0, 0.05) is 19.3 Å². The Morgan fingerprint density at radius 2 is 1.94 bits per heavy atom. The normalized spacial score (nSPS) is 17.0. The molecule has 2 rings (SSSR count). The van der Waals surface area contributed by atoms with Gasteiger partial charge in [0.05, 0.1) is 6.42 Å². The summed E-state index contributed by atoms with van der Waals surface area (Å²) in [6.45, 7) is 1.52. The zero-order valence-corrected chi connectivity index (χ0v) is 9.32. The molecule has 1 aliphatic rings. The molecule has 0 spiro atoms. The summed E-state index contributed by atoms with van der Waals surface area (Å²) in [5, 5.41) is 3.05. The molecular formula is C13H17NO2. The van der Waals surface area contributed by atoms with Gasteiger partial charge >= 0.3 is 0 Å². The van der Waals surface area contributed by atoms with E-state index in [9.17, 15) is 4.79 Å². The highest BCUT2D eigenvalue weighted by Crippen LogP contribution is 2.07. The first-order chi connectivity index (χ1) is 7.84. The molecule has 1 N–H and O–H groups in total.